The largest absolute Gasteiger partial charge is 0.500 e. The van der Waals surface area contributed by atoms with Crippen molar-refractivity contribution < 1.29 is 40.0 Å². The number of sulfonamides is 1. The van der Waals surface area contributed by atoms with Crippen molar-refractivity contribution in [3.63, 3.8) is 0 Å². The van der Waals surface area contributed by atoms with E-state index in [1.54, 1.807) is 32.0 Å². The van der Waals surface area contributed by atoms with Gasteiger partial charge in [0.2, 0.25) is 0 Å². The van der Waals surface area contributed by atoms with Gasteiger partial charge in [-0.1, -0.05) is 84.6 Å². The number of hydrogen-bond donors (Lipinski definition) is 1. The lowest BCUT2D eigenvalue weighted by molar-refractivity contribution is -0.206. The van der Waals surface area contributed by atoms with Crippen LogP contribution in [-0.2, 0) is 36.9 Å². The summed E-state index contributed by atoms with van der Waals surface area (Å²) >= 11 is 0. The molecule has 0 bridgehead atoms. The van der Waals surface area contributed by atoms with Crippen molar-refractivity contribution in [2.75, 3.05) is 11.8 Å². The number of esters is 1. The molecule has 0 saturated carbocycles. The molecule has 0 amide bonds. The van der Waals surface area contributed by atoms with Crippen molar-refractivity contribution in [1.82, 2.24) is 4.98 Å². The van der Waals surface area contributed by atoms with E-state index in [4.69, 9.17) is 13.6 Å². The zero-order valence-electron chi connectivity index (χ0n) is 35.6. The van der Waals surface area contributed by atoms with Gasteiger partial charge >= 0.3 is 12.1 Å². The predicted octanol–water partition coefficient (Wildman–Crippen LogP) is 10.6. The first kappa shape index (κ1) is 37.5. The Morgan fingerprint density at radius 3 is 2.28 bits per heavy atom. The molecule has 1 aliphatic rings. The minimum atomic E-state index is -4.68. The summed E-state index contributed by atoms with van der Waals surface area (Å²) < 4.78 is 108. The lowest BCUT2D eigenvalue weighted by atomic mass is 9.56. The smallest absolute Gasteiger partial charge is 0.417 e. The number of rotatable bonds is 14. The number of nitrogens with zero attached hydrogens (tertiary/aromatic N) is 1. The molecule has 1 aromatic heterocycles. The number of alkyl halides is 3. The van der Waals surface area contributed by atoms with Crippen molar-refractivity contribution in [2.45, 2.75) is 118 Å². The van der Waals surface area contributed by atoms with Crippen molar-refractivity contribution >= 4 is 21.7 Å². The Morgan fingerprint density at radius 1 is 1.04 bits per heavy atom. The Hall–Kier alpha value is -3.86. The highest BCUT2D eigenvalue weighted by Gasteiger charge is 2.62. The van der Waals surface area contributed by atoms with E-state index >= 15 is 0 Å². The summed E-state index contributed by atoms with van der Waals surface area (Å²) in [4.78, 5) is 18.5. The monoisotopic (exact) mass is 759 g/mol. The van der Waals surface area contributed by atoms with E-state index in [1.165, 1.54) is 13.2 Å². The van der Waals surface area contributed by atoms with E-state index in [0.717, 1.165) is 12.5 Å². The third-order valence-electron chi connectivity index (χ3n) is 11.3. The molecule has 2 aromatic carbocycles. The fraction of sp³-hybridized carbons (Fsp3) is 0.524. The highest BCUT2D eigenvalue weighted by atomic mass is 32.2. The maximum atomic E-state index is 14.9. The zero-order chi connectivity index (χ0) is 42.3. The van der Waals surface area contributed by atoms with Crippen LogP contribution in [0, 0.1) is 36.5 Å². The number of carbonyl (C=O) groups excluding carboxylic acids is 1. The number of benzene rings is 2. The molecule has 0 fully saturated rings. The number of nitrogens with one attached hydrogen (secondary N) is 1. The number of aromatic nitrogens is 1. The Balaban J connectivity index is 1.89. The van der Waals surface area contributed by atoms with Crippen LogP contribution in [0.4, 0.5) is 18.9 Å². The second kappa shape index (κ2) is 15.5. The molecule has 1 N–H and O–H groups in total. The molecule has 0 aliphatic carbocycles. The minimum absolute atomic E-state index is 0.0132. The van der Waals surface area contributed by atoms with E-state index in [1.807, 2.05) is 48.5 Å². The van der Waals surface area contributed by atoms with Crippen LogP contribution in [0.15, 0.2) is 77.1 Å². The zero-order valence-corrected chi connectivity index (χ0v) is 33.4. The number of hydrogen-bond acceptors (Lipinski definition) is 6. The van der Waals surface area contributed by atoms with Gasteiger partial charge in [-0.3, -0.25) is 4.72 Å². The topological polar surface area (TPSA) is 94.6 Å². The van der Waals surface area contributed by atoms with Crippen molar-refractivity contribution in [3.05, 3.63) is 99.9 Å². The van der Waals surface area contributed by atoms with Gasteiger partial charge in [-0.2, -0.15) is 21.6 Å². The number of pyridine rings is 1. The van der Waals surface area contributed by atoms with E-state index < -0.39 is 61.0 Å². The highest BCUT2D eigenvalue weighted by molar-refractivity contribution is 7.92. The van der Waals surface area contributed by atoms with Crippen molar-refractivity contribution in [1.29, 1.82) is 0 Å². The van der Waals surface area contributed by atoms with Gasteiger partial charge in [0, 0.05) is 23.7 Å². The molecule has 1 aliphatic heterocycles. The van der Waals surface area contributed by atoms with Gasteiger partial charge < -0.3 is 9.47 Å². The molecule has 290 valence electrons. The molecular formula is C42H55F3N2O5S. The van der Waals surface area contributed by atoms with Gasteiger partial charge in [-0.05, 0) is 98.4 Å². The first-order chi connectivity index (χ1) is 25.8. The summed E-state index contributed by atoms with van der Waals surface area (Å²) in [7, 11) is -2.88. The van der Waals surface area contributed by atoms with Crippen LogP contribution in [0.2, 0.25) is 0 Å². The van der Waals surface area contributed by atoms with E-state index in [2.05, 4.69) is 16.6 Å². The molecule has 4 atom stereocenters. The van der Waals surface area contributed by atoms with Crippen LogP contribution in [-0.4, -0.2) is 32.1 Å². The Labute approximate surface area is 318 Å². The van der Waals surface area contributed by atoms with Crippen molar-refractivity contribution in [3.8, 4) is 0 Å². The average Bonchev–Trinajstić information content (AvgIpc) is 3.12. The molecule has 53 heavy (non-hydrogen) atoms. The first-order valence-electron chi connectivity index (χ1n) is 19.6. The van der Waals surface area contributed by atoms with Gasteiger partial charge in [0.15, 0.2) is 5.03 Å². The number of carbonyl (C=O) groups is 1. The fourth-order valence-electron chi connectivity index (χ4n) is 8.21. The molecule has 0 saturated heterocycles. The molecule has 2 heterocycles. The molecule has 2 unspecified atom stereocenters. The van der Waals surface area contributed by atoms with Crippen molar-refractivity contribution in [2.24, 2.45) is 22.7 Å². The minimum Gasteiger partial charge on any atom is -0.500 e. The van der Waals surface area contributed by atoms with Gasteiger partial charge in [0.25, 0.3) is 10.0 Å². The normalized spacial score (nSPS) is 20.5. The van der Waals surface area contributed by atoms with Crippen LogP contribution in [0.5, 0.6) is 0 Å². The standard InChI is InChI=1S/C42H55F3N2O5S/c1-12-15-28(5)41(29(6)23-30-19-18-26(3)27(4)22-30)40(9,10)37(51-11)35(38(48)52-41)36(39(7,8)13-2)31-16-14-17-33(24-31)47-53(49,50)34-21-20-32(25-46-34)42(43,44)45/h14,16-22,24-25,28-29,36,47H,12-13,15,23H2,1-11H3/t28?,29?,36-,41-/m1/s1/i18D,19D,22D. The summed E-state index contributed by atoms with van der Waals surface area (Å²) in [6, 6.07) is 8.22. The molecule has 3 aromatic rings. The lowest BCUT2D eigenvalue weighted by Gasteiger charge is -2.57. The summed E-state index contributed by atoms with van der Waals surface area (Å²) in [5.74, 6) is -1.50. The maximum absolute atomic E-state index is 14.9. The summed E-state index contributed by atoms with van der Waals surface area (Å²) in [5, 5.41) is -0.593. The molecule has 7 nitrogen and oxygen atoms in total. The summed E-state index contributed by atoms with van der Waals surface area (Å²) in [6.45, 7) is 19.5. The second-order valence-corrected chi connectivity index (χ2v) is 17.2. The summed E-state index contributed by atoms with van der Waals surface area (Å²) in [5.41, 5.74) is -1.24. The van der Waals surface area contributed by atoms with Crippen LogP contribution >= 0.6 is 0 Å². The van der Waals surface area contributed by atoms with Gasteiger partial charge in [0.1, 0.15) is 11.4 Å². The number of halogens is 3. The SMILES string of the molecule is [2H]c1c([2H])c(CC(C)[C@@]2(C(C)CCC)OC(=O)C([C@@H](c3cccc(NS(=O)(=O)c4ccc(C(F)(F)F)cn4)c3)C(C)(C)CC)=C(OC)C2(C)C)c([2H])c(C)c1C. The lowest BCUT2D eigenvalue weighted by Crippen LogP contribution is -2.62. The second-order valence-electron chi connectivity index (χ2n) is 15.5. The highest BCUT2D eigenvalue weighted by Crippen LogP contribution is 2.59. The van der Waals surface area contributed by atoms with E-state index in [9.17, 15) is 26.4 Å². The molecular weight excluding hydrogens is 702 g/mol. The molecule has 4 rings (SSSR count). The fourth-order valence-corrected chi connectivity index (χ4v) is 9.19. The Bertz CT molecular complexity index is 2070. The number of cyclic esters (lactones) is 1. The van der Waals surface area contributed by atoms with Crippen LogP contribution < -0.4 is 4.72 Å². The predicted molar refractivity (Wildman–Crippen MR) is 203 cm³/mol. The molecule has 0 spiro atoms. The molecule has 11 heteroatoms. The number of methoxy groups -OCH3 is 1. The van der Waals surface area contributed by atoms with Crippen LogP contribution in [0.25, 0.3) is 0 Å². The van der Waals surface area contributed by atoms with Gasteiger partial charge in [0.05, 0.1) is 27.8 Å². The number of anilines is 1. The average molecular weight is 760 g/mol. The third kappa shape index (κ3) is 8.15. The summed E-state index contributed by atoms with van der Waals surface area (Å²) in [6.07, 6.45) is -1.92. The van der Waals surface area contributed by atoms with Crippen LogP contribution in [0.3, 0.4) is 0 Å². The molecule has 0 radical (unpaired) electrons. The third-order valence-corrected chi connectivity index (χ3v) is 12.6. The maximum Gasteiger partial charge on any atom is 0.417 e. The van der Waals surface area contributed by atoms with E-state index in [0.29, 0.717) is 53.1 Å². The number of ether oxygens (including phenoxy) is 2. The van der Waals surface area contributed by atoms with E-state index in [-0.39, 0.29) is 41.7 Å². The van der Waals surface area contributed by atoms with Crippen LogP contribution in [0.1, 0.15) is 112 Å². The quantitative estimate of drug-likeness (QED) is 0.165. The Morgan fingerprint density at radius 2 is 1.72 bits per heavy atom. The van der Waals surface area contributed by atoms with Gasteiger partial charge in [-0.15, -0.1) is 0 Å². The van der Waals surface area contributed by atoms with Gasteiger partial charge in [-0.25, -0.2) is 9.78 Å². The Kier molecular flexibility index (Phi) is 10.9. The first-order valence-corrected chi connectivity index (χ1v) is 19.6.